The average molecular weight is 1190 g/mol. The number of hydrogen-bond acceptors (Lipinski definition) is 17. The molecule has 0 fully saturated rings. The summed E-state index contributed by atoms with van der Waals surface area (Å²) in [7, 11) is 0. The number of hydroxylamine groups is 1. The van der Waals surface area contributed by atoms with Crippen LogP contribution in [0.4, 0.5) is 0 Å². The highest BCUT2D eigenvalue weighted by Crippen LogP contribution is 2.15. The summed E-state index contributed by atoms with van der Waals surface area (Å²) in [6.07, 6.45) is 7.57. The third-order valence-corrected chi connectivity index (χ3v) is 11.6. The van der Waals surface area contributed by atoms with Crippen molar-refractivity contribution < 1.29 is 49.4 Å². The molecule has 0 aliphatic carbocycles. The van der Waals surface area contributed by atoms with E-state index in [9.17, 15) is 28.8 Å². The average Bonchev–Trinajstić information content (AvgIpc) is 3.41. The third-order valence-electron chi connectivity index (χ3n) is 10.3. The number of aromatic carboxylic acids is 1. The summed E-state index contributed by atoms with van der Waals surface area (Å²) in [5.41, 5.74) is 5.03. The van der Waals surface area contributed by atoms with Gasteiger partial charge in [0, 0.05) is 72.7 Å². The quantitative estimate of drug-likeness (QED) is 0.0174. The zero-order chi connectivity index (χ0) is 63.7. The Morgan fingerprint density at radius 2 is 1.17 bits per heavy atom. The lowest BCUT2D eigenvalue weighted by molar-refractivity contribution is -0.132. The van der Waals surface area contributed by atoms with Crippen molar-refractivity contribution in [3.05, 3.63) is 151 Å². The van der Waals surface area contributed by atoms with E-state index < -0.39 is 11.5 Å². The predicted molar refractivity (Wildman–Crippen MR) is 333 cm³/mol. The van der Waals surface area contributed by atoms with Crippen LogP contribution in [0.5, 0.6) is 5.75 Å². The SMILES string of the molecule is CC(=O)C(C)C.CC(C)C(=O)CS.CC(C)C(=O)NO.CC(C)CS.CC(C)NCc1ccccn1.CC(C)c1cc(=O)c(O)co1.CC(C)c1ccc(=O)n(O)c1.CC(C)c1ccc(=S)n(O)c1.CC(C)c1ccc(C(=O)O)nc1. The van der Waals surface area contributed by atoms with E-state index in [1.807, 2.05) is 99.7 Å². The Hall–Kier alpha value is -6.13. The van der Waals surface area contributed by atoms with Gasteiger partial charge in [-0.05, 0) is 77.3 Å². The number of carbonyl (C=O) groups is 4. The molecule has 1 amide bonds. The molecule has 0 atom stereocenters. The Labute approximate surface area is 497 Å². The number of Topliss-reactive ketones (excluding diaryl/α,β-unsaturated/α-hetero) is 2. The fourth-order valence-corrected chi connectivity index (χ4v) is 4.87. The first-order valence-corrected chi connectivity index (χ1v) is 28.3. The van der Waals surface area contributed by atoms with Crippen molar-refractivity contribution in [2.24, 2.45) is 23.7 Å². The van der Waals surface area contributed by atoms with Gasteiger partial charge in [0.15, 0.2) is 5.75 Å². The number of pyridine rings is 4. The van der Waals surface area contributed by atoms with Crippen molar-refractivity contribution in [1.82, 2.24) is 30.2 Å². The Bertz CT molecular complexity index is 2590. The Morgan fingerprint density at radius 3 is 1.47 bits per heavy atom. The number of carboxylic acid groups (broad SMARTS) is 1. The summed E-state index contributed by atoms with van der Waals surface area (Å²) in [6.45, 7) is 38.0. The molecular weight excluding hydrogens is 1090 g/mol. The first-order valence-electron chi connectivity index (χ1n) is 26.7. The first kappa shape index (κ1) is 81.3. The molecule has 18 nitrogen and oxygen atoms in total. The topological polar surface area (TPSA) is 276 Å². The second kappa shape index (κ2) is 46.5. The fraction of sp³-hybridized carbons (Fsp3) is 0.517. The van der Waals surface area contributed by atoms with Gasteiger partial charge in [-0.3, -0.25) is 34.2 Å². The number of nitrogens with one attached hydrogen (secondary N) is 2. The van der Waals surface area contributed by atoms with E-state index in [0.29, 0.717) is 44.7 Å². The molecule has 0 saturated heterocycles. The first-order chi connectivity index (χ1) is 37.5. The van der Waals surface area contributed by atoms with Crippen LogP contribution >= 0.6 is 37.5 Å². The summed E-state index contributed by atoms with van der Waals surface area (Å²) in [6, 6.07) is 17.8. The van der Waals surface area contributed by atoms with Crippen molar-refractivity contribution in [1.29, 1.82) is 0 Å². The van der Waals surface area contributed by atoms with Crippen molar-refractivity contribution >= 4 is 60.9 Å². The largest absolute Gasteiger partial charge is 0.502 e. The zero-order valence-corrected chi connectivity index (χ0v) is 53.8. The molecule has 5 aromatic heterocycles. The number of thiol groups is 2. The molecule has 456 valence electrons. The van der Waals surface area contributed by atoms with E-state index in [0.717, 1.165) is 51.6 Å². The summed E-state index contributed by atoms with van der Waals surface area (Å²) in [5, 5.41) is 46.7. The van der Waals surface area contributed by atoms with E-state index in [2.05, 4.69) is 82.1 Å². The lowest BCUT2D eigenvalue weighted by atomic mass is 10.1. The molecule has 0 unspecified atom stereocenters. The number of ketones is 2. The normalized spacial score (nSPS) is 10.1. The molecule has 0 saturated carbocycles. The van der Waals surface area contributed by atoms with E-state index in [1.165, 1.54) is 29.9 Å². The van der Waals surface area contributed by atoms with Crippen LogP contribution in [-0.2, 0) is 20.9 Å². The van der Waals surface area contributed by atoms with Crippen LogP contribution in [-0.4, -0.2) is 86.3 Å². The highest BCUT2D eigenvalue weighted by molar-refractivity contribution is 7.81. The second-order valence-electron chi connectivity index (χ2n) is 20.8. The van der Waals surface area contributed by atoms with Gasteiger partial charge in [0.2, 0.25) is 11.3 Å². The maximum absolute atomic E-state index is 10.8. The van der Waals surface area contributed by atoms with Crippen LogP contribution in [0, 0.1) is 28.3 Å². The van der Waals surface area contributed by atoms with Crippen molar-refractivity contribution in [3.63, 3.8) is 0 Å². The lowest BCUT2D eigenvalue weighted by Gasteiger charge is -2.06. The number of nitrogens with zero attached hydrogens (tertiary/aromatic N) is 4. The molecular formula is C60H96N6O12S3. The smallest absolute Gasteiger partial charge is 0.354 e. The molecule has 0 aliphatic heterocycles. The Kier molecular flexibility index (Phi) is 46.7. The van der Waals surface area contributed by atoms with Crippen molar-refractivity contribution in [2.45, 2.75) is 168 Å². The number of aromatic nitrogens is 4. The lowest BCUT2D eigenvalue weighted by Crippen LogP contribution is -2.23. The van der Waals surface area contributed by atoms with Crippen molar-refractivity contribution in [2.75, 3.05) is 11.5 Å². The third kappa shape index (κ3) is 43.3. The molecule has 0 aromatic carbocycles. The monoisotopic (exact) mass is 1190 g/mol. The number of rotatable bonds is 13. The molecule has 0 radical (unpaired) electrons. The van der Waals surface area contributed by atoms with E-state index >= 15 is 0 Å². The standard InChI is InChI=1S/C9H14N2.C9H11NO2.C8H11NO2.C8H11NOS.C8H10O3.C5H10OS.C5H10O.C4H9NO2.C4H10S/c1-8(2)11-7-9-5-3-4-6-10-9;1-6(2)7-3-4-8(9(11)12)10-5-7;1-6(2)7-3-4-8(10)9(11)5-7;1-6(2)7-3-4-8(11)9(10)5-7;1-5(2)8-3-6(9)7(10)4-11-8;1-4(2)5(6)3-7;1-4(2)5(3)6;1-3(2)4(6)5-7;1-4(2)3-5/h3-6,8,11H,7H2,1-2H3;3-6H,1-2H3,(H,11,12);3-6,11H,1-2H3;3-6,10H,1-2H3;3-5,10H,1-2H3;4,7H,3H2,1-2H3;4H,1-3H3;3,7H,1-2H3,(H,5,6);4-5H,3H2,1-2H3. The summed E-state index contributed by atoms with van der Waals surface area (Å²) in [5.74, 6) is 3.05. The zero-order valence-electron chi connectivity index (χ0n) is 51.2. The number of amides is 1. The minimum Gasteiger partial charge on any atom is -0.502 e. The maximum atomic E-state index is 10.8. The molecule has 5 aromatic rings. The van der Waals surface area contributed by atoms with Gasteiger partial charge < -0.3 is 30.4 Å². The Balaban J connectivity index is -0.000000417. The van der Waals surface area contributed by atoms with Crippen LogP contribution in [0.25, 0.3) is 0 Å². The number of hydrogen-bond donors (Lipinski definition) is 9. The fourth-order valence-electron chi connectivity index (χ4n) is 4.38. The molecule has 0 spiro atoms. The molecule has 21 heteroatoms. The molecule has 7 N–H and O–H groups in total. The maximum Gasteiger partial charge on any atom is 0.354 e. The second-order valence-corrected chi connectivity index (χ2v) is 21.9. The van der Waals surface area contributed by atoms with Crippen LogP contribution in [0.15, 0.2) is 106 Å². The van der Waals surface area contributed by atoms with E-state index in [-0.39, 0.29) is 58.0 Å². The molecule has 0 aliphatic rings. The predicted octanol–water partition coefficient (Wildman–Crippen LogP) is 12.8. The van der Waals surface area contributed by atoms with Crippen molar-refractivity contribution in [3.8, 4) is 5.75 Å². The van der Waals surface area contributed by atoms with Crippen LogP contribution in [0.2, 0.25) is 0 Å². The molecule has 5 rings (SSSR count). The highest BCUT2D eigenvalue weighted by Gasteiger charge is 2.07. The van der Waals surface area contributed by atoms with Gasteiger partial charge in [-0.25, -0.2) is 15.3 Å². The van der Waals surface area contributed by atoms with Gasteiger partial charge >= 0.3 is 5.97 Å². The minimum absolute atomic E-state index is 0.0967. The minimum atomic E-state index is -0.981. The molecule has 5 heterocycles. The number of carbonyl (C=O) groups excluding carboxylic acids is 3. The van der Waals surface area contributed by atoms with Gasteiger partial charge in [-0.15, -0.1) is 0 Å². The van der Waals surface area contributed by atoms with E-state index in [1.54, 1.807) is 51.4 Å². The Morgan fingerprint density at radius 1 is 0.679 bits per heavy atom. The number of aromatic hydroxyl groups is 1. The summed E-state index contributed by atoms with van der Waals surface area (Å²) in [4.78, 5) is 70.7. The number of carboxylic acids is 1. The van der Waals surface area contributed by atoms with E-state index in [4.69, 9.17) is 42.5 Å². The molecule has 0 bridgehead atoms. The van der Waals surface area contributed by atoms with Gasteiger partial charge in [0.25, 0.3) is 5.56 Å². The molecule has 81 heavy (non-hydrogen) atoms. The van der Waals surface area contributed by atoms with Gasteiger partial charge in [-0.1, -0.05) is 161 Å². The van der Waals surface area contributed by atoms with Crippen LogP contribution in [0.3, 0.4) is 0 Å². The van der Waals surface area contributed by atoms with Crippen LogP contribution in [0.1, 0.15) is 194 Å². The highest BCUT2D eigenvalue weighted by atomic mass is 32.1. The van der Waals surface area contributed by atoms with Crippen LogP contribution < -0.4 is 21.8 Å². The van der Waals surface area contributed by atoms with Gasteiger partial charge in [-0.2, -0.15) is 34.7 Å². The van der Waals surface area contributed by atoms with Gasteiger partial charge in [0.1, 0.15) is 33.9 Å². The van der Waals surface area contributed by atoms with Gasteiger partial charge in [0.05, 0.1) is 11.9 Å². The summed E-state index contributed by atoms with van der Waals surface area (Å²) < 4.78 is 6.97. The summed E-state index contributed by atoms with van der Waals surface area (Å²) >= 11 is 12.6.